The Labute approximate surface area is 136 Å². The normalized spacial score (nSPS) is 14.1. The number of amides is 1. The molecule has 1 aliphatic carbocycles. The van der Waals surface area contributed by atoms with Gasteiger partial charge in [-0.3, -0.25) is 18.7 Å². The Bertz CT molecular complexity index is 826. The predicted molar refractivity (Wildman–Crippen MR) is 87.9 cm³/mol. The maximum Gasteiger partial charge on any atom is 0.331 e. The molecule has 1 aliphatic rings. The van der Waals surface area contributed by atoms with Crippen molar-refractivity contribution < 1.29 is 4.79 Å². The number of nitrogens with one attached hydrogen (secondary N) is 1. The molecule has 2 aromatic heterocycles. The number of thiazole rings is 1. The van der Waals surface area contributed by atoms with E-state index < -0.39 is 11.2 Å². The van der Waals surface area contributed by atoms with Crippen LogP contribution in [0.15, 0.2) is 21.9 Å². The summed E-state index contributed by atoms with van der Waals surface area (Å²) >= 11 is 1.51. The summed E-state index contributed by atoms with van der Waals surface area (Å²) in [7, 11) is 1.39. The van der Waals surface area contributed by atoms with Crippen LogP contribution in [0, 0.1) is 0 Å². The molecule has 7 nitrogen and oxygen atoms in total. The SMILES string of the molecule is Cn1c(=O)ccn(CC(=O)Nc2nc3c(s2)CCCCC3)c1=O. The van der Waals surface area contributed by atoms with Crippen molar-refractivity contribution in [2.45, 2.75) is 38.6 Å². The molecule has 2 aromatic rings. The van der Waals surface area contributed by atoms with E-state index in [0.29, 0.717) is 5.13 Å². The molecule has 0 bridgehead atoms. The molecule has 0 spiro atoms. The quantitative estimate of drug-likeness (QED) is 0.846. The van der Waals surface area contributed by atoms with E-state index >= 15 is 0 Å². The summed E-state index contributed by atoms with van der Waals surface area (Å²) in [6, 6.07) is 1.26. The number of carbonyl (C=O) groups is 1. The van der Waals surface area contributed by atoms with Crippen molar-refractivity contribution in [2.75, 3.05) is 5.32 Å². The van der Waals surface area contributed by atoms with Gasteiger partial charge in [0.15, 0.2) is 5.13 Å². The first-order valence-corrected chi connectivity index (χ1v) is 8.41. The first kappa shape index (κ1) is 15.7. The van der Waals surface area contributed by atoms with Gasteiger partial charge in [-0.1, -0.05) is 6.42 Å². The van der Waals surface area contributed by atoms with Crippen LogP contribution in [0.1, 0.15) is 29.8 Å². The Morgan fingerprint density at radius 2 is 2.09 bits per heavy atom. The Morgan fingerprint density at radius 1 is 1.30 bits per heavy atom. The molecule has 1 N–H and O–H groups in total. The van der Waals surface area contributed by atoms with E-state index in [1.807, 2.05) is 0 Å². The molecular weight excluding hydrogens is 316 g/mol. The Balaban J connectivity index is 1.72. The molecule has 122 valence electrons. The Hall–Kier alpha value is -2.22. The van der Waals surface area contributed by atoms with Gasteiger partial charge in [-0.2, -0.15) is 0 Å². The standard InChI is InChI=1S/C15H18N4O3S/c1-18-13(21)7-8-19(15(18)22)9-12(20)17-14-16-10-5-3-2-4-6-11(10)23-14/h7-8H,2-6,9H2,1H3,(H,16,17,20). The number of anilines is 1. The summed E-state index contributed by atoms with van der Waals surface area (Å²) in [6.45, 7) is -0.142. The zero-order valence-electron chi connectivity index (χ0n) is 12.9. The summed E-state index contributed by atoms with van der Waals surface area (Å²) in [4.78, 5) is 41.1. The molecule has 3 rings (SSSR count). The predicted octanol–water partition coefficient (Wildman–Crippen LogP) is 0.911. The first-order chi connectivity index (χ1) is 11.0. The van der Waals surface area contributed by atoms with E-state index in [1.165, 1.54) is 46.5 Å². The lowest BCUT2D eigenvalue weighted by Crippen LogP contribution is -2.38. The number of rotatable bonds is 3. The highest BCUT2D eigenvalue weighted by Crippen LogP contribution is 2.28. The van der Waals surface area contributed by atoms with Crippen LogP contribution in [0.25, 0.3) is 0 Å². The molecule has 0 fully saturated rings. The lowest BCUT2D eigenvalue weighted by atomic mass is 10.2. The second-order valence-corrected chi connectivity index (χ2v) is 6.70. The third kappa shape index (κ3) is 3.42. The monoisotopic (exact) mass is 334 g/mol. The van der Waals surface area contributed by atoms with Crippen molar-refractivity contribution in [3.8, 4) is 0 Å². The number of aromatic nitrogens is 3. The smallest absolute Gasteiger partial charge is 0.300 e. The van der Waals surface area contributed by atoms with Crippen molar-refractivity contribution in [2.24, 2.45) is 7.05 Å². The van der Waals surface area contributed by atoms with Gasteiger partial charge in [0.2, 0.25) is 5.91 Å². The highest BCUT2D eigenvalue weighted by molar-refractivity contribution is 7.15. The average molecular weight is 334 g/mol. The molecule has 8 heteroatoms. The number of fused-ring (bicyclic) bond motifs is 1. The highest BCUT2D eigenvalue weighted by atomic mass is 32.1. The molecule has 0 radical (unpaired) electrons. The molecule has 1 amide bonds. The van der Waals surface area contributed by atoms with Gasteiger partial charge in [0.25, 0.3) is 5.56 Å². The van der Waals surface area contributed by atoms with E-state index in [1.54, 1.807) is 0 Å². The molecule has 0 aliphatic heterocycles. The van der Waals surface area contributed by atoms with E-state index in [4.69, 9.17) is 0 Å². The van der Waals surface area contributed by atoms with Crippen molar-refractivity contribution in [3.05, 3.63) is 43.7 Å². The fourth-order valence-electron chi connectivity index (χ4n) is 2.63. The van der Waals surface area contributed by atoms with E-state index in [9.17, 15) is 14.4 Å². The second kappa shape index (κ2) is 6.49. The van der Waals surface area contributed by atoms with Crippen LogP contribution in [0.3, 0.4) is 0 Å². The maximum atomic E-state index is 12.1. The third-order valence-electron chi connectivity index (χ3n) is 3.92. The fraction of sp³-hybridized carbons (Fsp3) is 0.467. The lowest BCUT2D eigenvalue weighted by Gasteiger charge is -2.06. The van der Waals surface area contributed by atoms with Crippen LogP contribution >= 0.6 is 11.3 Å². The van der Waals surface area contributed by atoms with Crippen LogP contribution in [-0.4, -0.2) is 20.0 Å². The summed E-state index contributed by atoms with van der Waals surface area (Å²) in [5.41, 5.74) is 0.181. The van der Waals surface area contributed by atoms with Crippen molar-refractivity contribution in [3.63, 3.8) is 0 Å². The number of hydrogen-bond donors (Lipinski definition) is 1. The average Bonchev–Trinajstić information content (AvgIpc) is 2.76. The second-order valence-electron chi connectivity index (χ2n) is 5.62. The minimum absolute atomic E-state index is 0.142. The summed E-state index contributed by atoms with van der Waals surface area (Å²) in [5, 5.41) is 3.33. The van der Waals surface area contributed by atoms with Gasteiger partial charge in [-0.05, 0) is 25.7 Å². The van der Waals surface area contributed by atoms with Gasteiger partial charge < -0.3 is 5.32 Å². The molecule has 23 heavy (non-hydrogen) atoms. The summed E-state index contributed by atoms with van der Waals surface area (Å²) < 4.78 is 2.17. The maximum absolute atomic E-state index is 12.1. The molecule has 0 saturated carbocycles. The van der Waals surface area contributed by atoms with Crippen molar-refractivity contribution in [1.82, 2.24) is 14.1 Å². The Morgan fingerprint density at radius 3 is 2.91 bits per heavy atom. The molecule has 0 unspecified atom stereocenters. The molecule has 0 atom stereocenters. The van der Waals surface area contributed by atoms with Crippen LogP contribution in [0.4, 0.5) is 5.13 Å². The third-order valence-corrected chi connectivity index (χ3v) is 4.99. The molecule has 0 saturated heterocycles. The number of carbonyl (C=O) groups excluding carboxylic acids is 1. The number of aryl methyl sites for hydroxylation is 2. The van der Waals surface area contributed by atoms with Crippen molar-refractivity contribution >= 4 is 22.4 Å². The van der Waals surface area contributed by atoms with Gasteiger partial charge in [-0.25, -0.2) is 9.78 Å². The largest absolute Gasteiger partial charge is 0.331 e. The van der Waals surface area contributed by atoms with Gasteiger partial charge in [0, 0.05) is 24.2 Å². The van der Waals surface area contributed by atoms with Gasteiger partial charge in [0.1, 0.15) is 6.54 Å². The zero-order valence-corrected chi connectivity index (χ0v) is 13.7. The molecule has 2 heterocycles. The summed E-state index contributed by atoms with van der Waals surface area (Å²) in [6.07, 6.45) is 6.83. The minimum Gasteiger partial charge on any atom is -0.300 e. The van der Waals surface area contributed by atoms with Gasteiger partial charge in [-0.15, -0.1) is 11.3 Å². The molecular formula is C15H18N4O3S. The van der Waals surface area contributed by atoms with Gasteiger partial charge in [0.05, 0.1) is 5.69 Å². The summed E-state index contributed by atoms with van der Waals surface area (Å²) in [5.74, 6) is -0.324. The van der Waals surface area contributed by atoms with E-state index in [2.05, 4.69) is 10.3 Å². The van der Waals surface area contributed by atoms with E-state index in [0.717, 1.165) is 35.9 Å². The lowest BCUT2D eigenvalue weighted by molar-refractivity contribution is -0.116. The van der Waals surface area contributed by atoms with Gasteiger partial charge >= 0.3 is 5.69 Å². The zero-order chi connectivity index (χ0) is 16.4. The van der Waals surface area contributed by atoms with Crippen LogP contribution < -0.4 is 16.6 Å². The first-order valence-electron chi connectivity index (χ1n) is 7.59. The molecule has 0 aromatic carbocycles. The van der Waals surface area contributed by atoms with Crippen LogP contribution in [-0.2, 0) is 31.2 Å². The number of hydrogen-bond acceptors (Lipinski definition) is 5. The minimum atomic E-state index is -0.512. The topological polar surface area (TPSA) is 86.0 Å². The van der Waals surface area contributed by atoms with Crippen LogP contribution in [0.2, 0.25) is 0 Å². The Kier molecular flexibility index (Phi) is 4.42. The van der Waals surface area contributed by atoms with Crippen LogP contribution in [0.5, 0.6) is 0 Å². The van der Waals surface area contributed by atoms with E-state index in [-0.39, 0.29) is 12.5 Å². The fourth-order valence-corrected chi connectivity index (χ4v) is 3.70. The highest BCUT2D eigenvalue weighted by Gasteiger charge is 2.16. The number of nitrogens with zero attached hydrogens (tertiary/aromatic N) is 3. The van der Waals surface area contributed by atoms with Crippen molar-refractivity contribution in [1.29, 1.82) is 0 Å².